The first-order chi connectivity index (χ1) is 9.19. The molecule has 98 valence electrons. The van der Waals surface area contributed by atoms with E-state index in [1.807, 2.05) is 30.3 Å². The SMILES string of the molecule is CCC(=O)Nc1cc(Cl)ccc1Oc1ccccc1. The van der Waals surface area contributed by atoms with Gasteiger partial charge in [-0.25, -0.2) is 0 Å². The topological polar surface area (TPSA) is 38.3 Å². The molecule has 0 radical (unpaired) electrons. The van der Waals surface area contributed by atoms with E-state index in [-0.39, 0.29) is 5.91 Å². The molecule has 2 rings (SSSR count). The van der Waals surface area contributed by atoms with Crippen molar-refractivity contribution < 1.29 is 9.53 Å². The van der Waals surface area contributed by atoms with Gasteiger partial charge in [-0.05, 0) is 30.3 Å². The second-order valence-corrected chi connectivity index (χ2v) is 4.39. The zero-order valence-corrected chi connectivity index (χ0v) is 11.3. The van der Waals surface area contributed by atoms with Crippen molar-refractivity contribution in [2.24, 2.45) is 0 Å². The minimum Gasteiger partial charge on any atom is -0.455 e. The van der Waals surface area contributed by atoms with E-state index in [0.717, 1.165) is 0 Å². The van der Waals surface area contributed by atoms with E-state index in [1.165, 1.54) is 0 Å². The van der Waals surface area contributed by atoms with Crippen molar-refractivity contribution in [3.63, 3.8) is 0 Å². The average molecular weight is 276 g/mol. The molecule has 3 nitrogen and oxygen atoms in total. The summed E-state index contributed by atoms with van der Waals surface area (Å²) in [5.41, 5.74) is 0.572. The first-order valence-corrected chi connectivity index (χ1v) is 6.39. The molecule has 19 heavy (non-hydrogen) atoms. The lowest BCUT2D eigenvalue weighted by molar-refractivity contribution is -0.115. The van der Waals surface area contributed by atoms with Crippen molar-refractivity contribution in [1.82, 2.24) is 0 Å². The van der Waals surface area contributed by atoms with Crippen molar-refractivity contribution in [2.75, 3.05) is 5.32 Å². The van der Waals surface area contributed by atoms with Crippen molar-refractivity contribution in [3.8, 4) is 11.5 Å². The van der Waals surface area contributed by atoms with Crippen LogP contribution in [0, 0.1) is 0 Å². The number of amides is 1. The number of ether oxygens (including phenoxy) is 1. The van der Waals surface area contributed by atoms with E-state index in [9.17, 15) is 4.79 Å². The van der Waals surface area contributed by atoms with E-state index in [4.69, 9.17) is 16.3 Å². The van der Waals surface area contributed by atoms with Crippen LogP contribution in [-0.4, -0.2) is 5.91 Å². The predicted octanol–water partition coefficient (Wildman–Crippen LogP) is 4.48. The van der Waals surface area contributed by atoms with Gasteiger partial charge in [-0.15, -0.1) is 0 Å². The lowest BCUT2D eigenvalue weighted by atomic mass is 10.2. The normalized spacial score (nSPS) is 10.0. The Morgan fingerprint density at radius 3 is 2.63 bits per heavy atom. The van der Waals surface area contributed by atoms with Crippen molar-refractivity contribution in [1.29, 1.82) is 0 Å². The maximum absolute atomic E-state index is 11.5. The standard InChI is InChI=1S/C15H14ClNO2/c1-2-15(18)17-13-10-11(16)8-9-14(13)19-12-6-4-3-5-7-12/h3-10H,2H2,1H3,(H,17,18). The molecule has 0 saturated carbocycles. The minimum atomic E-state index is -0.0832. The monoisotopic (exact) mass is 275 g/mol. The fraction of sp³-hybridized carbons (Fsp3) is 0.133. The molecule has 4 heteroatoms. The number of benzene rings is 2. The van der Waals surface area contributed by atoms with Crippen LogP contribution in [0.3, 0.4) is 0 Å². The van der Waals surface area contributed by atoms with Crippen molar-refractivity contribution >= 4 is 23.2 Å². The molecular weight excluding hydrogens is 262 g/mol. The van der Waals surface area contributed by atoms with Crippen molar-refractivity contribution in [2.45, 2.75) is 13.3 Å². The molecular formula is C15H14ClNO2. The lowest BCUT2D eigenvalue weighted by Crippen LogP contribution is -2.10. The Hall–Kier alpha value is -2.00. The molecule has 1 amide bonds. The molecule has 2 aromatic rings. The number of carbonyl (C=O) groups is 1. The number of nitrogens with one attached hydrogen (secondary N) is 1. The molecule has 0 bridgehead atoms. The van der Waals surface area contributed by atoms with Gasteiger partial charge in [-0.1, -0.05) is 36.7 Å². The Kier molecular flexibility index (Phi) is 4.42. The second-order valence-electron chi connectivity index (χ2n) is 3.96. The lowest BCUT2D eigenvalue weighted by Gasteiger charge is -2.12. The van der Waals surface area contributed by atoms with E-state index in [2.05, 4.69) is 5.32 Å². The number of carbonyl (C=O) groups excluding carboxylic acids is 1. The molecule has 0 aromatic heterocycles. The zero-order valence-electron chi connectivity index (χ0n) is 10.5. The van der Waals surface area contributed by atoms with Crippen LogP contribution in [0.2, 0.25) is 5.02 Å². The Morgan fingerprint density at radius 1 is 1.21 bits per heavy atom. The maximum Gasteiger partial charge on any atom is 0.224 e. The summed E-state index contributed by atoms with van der Waals surface area (Å²) in [4.78, 5) is 11.5. The van der Waals surface area contributed by atoms with Crippen LogP contribution in [-0.2, 0) is 4.79 Å². The zero-order chi connectivity index (χ0) is 13.7. The van der Waals surface area contributed by atoms with E-state index < -0.39 is 0 Å². The summed E-state index contributed by atoms with van der Waals surface area (Å²) in [7, 11) is 0. The van der Waals surface area contributed by atoms with Crippen LogP contribution in [0.5, 0.6) is 11.5 Å². The molecule has 2 aromatic carbocycles. The Labute approximate surface area is 117 Å². The number of anilines is 1. The van der Waals surface area contributed by atoms with Crippen LogP contribution >= 0.6 is 11.6 Å². The molecule has 0 aliphatic carbocycles. The molecule has 0 aliphatic heterocycles. The maximum atomic E-state index is 11.5. The molecule has 0 spiro atoms. The Morgan fingerprint density at radius 2 is 1.95 bits per heavy atom. The second kappa shape index (κ2) is 6.25. The van der Waals surface area contributed by atoms with Gasteiger partial charge < -0.3 is 10.1 Å². The fourth-order valence-corrected chi connectivity index (χ4v) is 1.72. The third kappa shape index (κ3) is 3.73. The summed E-state index contributed by atoms with van der Waals surface area (Å²) in [6.45, 7) is 1.79. The van der Waals surface area contributed by atoms with Crippen LogP contribution in [0.4, 0.5) is 5.69 Å². The van der Waals surface area contributed by atoms with Gasteiger partial charge >= 0.3 is 0 Å². The summed E-state index contributed by atoms with van der Waals surface area (Å²) < 4.78 is 5.74. The van der Waals surface area contributed by atoms with Gasteiger partial charge in [0.25, 0.3) is 0 Å². The van der Waals surface area contributed by atoms with Gasteiger partial charge in [-0.2, -0.15) is 0 Å². The molecule has 0 saturated heterocycles. The van der Waals surface area contributed by atoms with E-state index >= 15 is 0 Å². The number of halogens is 1. The molecule has 1 N–H and O–H groups in total. The summed E-state index contributed by atoms with van der Waals surface area (Å²) in [5, 5.41) is 3.32. The first kappa shape index (κ1) is 13.4. The predicted molar refractivity (Wildman–Crippen MR) is 76.9 cm³/mol. The van der Waals surface area contributed by atoms with Gasteiger partial charge in [-0.3, -0.25) is 4.79 Å². The summed E-state index contributed by atoms with van der Waals surface area (Å²) in [6.07, 6.45) is 0.400. The third-order valence-corrected chi connectivity index (χ3v) is 2.74. The Balaban J connectivity index is 2.26. The molecule has 0 heterocycles. The van der Waals surface area contributed by atoms with E-state index in [1.54, 1.807) is 25.1 Å². The van der Waals surface area contributed by atoms with Gasteiger partial charge in [0.2, 0.25) is 5.91 Å². The third-order valence-electron chi connectivity index (χ3n) is 2.51. The number of rotatable bonds is 4. The summed E-state index contributed by atoms with van der Waals surface area (Å²) in [5.74, 6) is 1.19. The largest absolute Gasteiger partial charge is 0.455 e. The van der Waals surface area contributed by atoms with Gasteiger partial charge in [0.1, 0.15) is 5.75 Å². The van der Waals surface area contributed by atoms with Crippen LogP contribution in [0.25, 0.3) is 0 Å². The molecule has 0 fully saturated rings. The fourth-order valence-electron chi connectivity index (χ4n) is 1.54. The van der Waals surface area contributed by atoms with Gasteiger partial charge in [0.15, 0.2) is 5.75 Å². The number of para-hydroxylation sites is 1. The highest BCUT2D eigenvalue weighted by atomic mass is 35.5. The summed E-state index contributed by atoms with van der Waals surface area (Å²) >= 11 is 5.94. The number of hydrogen-bond acceptors (Lipinski definition) is 2. The quantitative estimate of drug-likeness (QED) is 0.893. The van der Waals surface area contributed by atoms with Gasteiger partial charge in [0, 0.05) is 11.4 Å². The highest BCUT2D eigenvalue weighted by molar-refractivity contribution is 6.31. The van der Waals surface area contributed by atoms with Crippen molar-refractivity contribution in [3.05, 3.63) is 53.6 Å². The van der Waals surface area contributed by atoms with Gasteiger partial charge in [0.05, 0.1) is 5.69 Å². The molecule has 0 atom stereocenters. The smallest absolute Gasteiger partial charge is 0.224 e. The summed E-state index contributed by atoms with van der Waals surface area (Å²) in [6, 6.07) is 14.5. The first-order valence-electron chi connectivity index (χ1n) is 6.01. The Bertz CT molecular complexity index is 570. The average Bonchev–Trinajstić information content (AvgIpc) is 2.43. The highest BCUT2D eigenvalue weighted by Gasteiger charge is 2.08. The van der Waals surface area contributed by atoms with E-state index in [0.29, 0.717) is 28.6 Å². The number of hydrogen-bond donors (Lipinski definition) is 1. The molecule has 0 unspecified atom stereocenters. The van der Waals surface area contributed by atoms with Crippen LogP contribution in [0.1, 0.15) is 13.3 Å². The van der Waals surface area contributed by atoms with Crippen LogP contribution in [0.15, 0.2) is 48.5 Å². The highest BCUT2D eigenvalue weighted by Crippen LogP contribution is 2.32. The minimum absolute atomic E-state index is 0.0832. The molecule has 0 aliphatic rings. The van der Waals surface area contributed by atoms with Crippen LogP contribution < -0.4 is 10.1 Å².